The van der Waals surface area contributed by atoms with E-state index >= 15 is 0 Å². The van der Waals surface area contributed by atoms with Crippen molar-refractivity contribution < 1.29 is 12.6 Å². The number of rotatable bonds is 6. The normalized spacial score (nSPS) is 14.6. The monoisotopic (exact) mass is 214 g/mol. The Morgan fingerprint density at radius 1 is 1.50 bits per heavy atom. The smallest absolute Gasteiger partial charge is 0.268 e. The van der Waals surface area contributed by atoms with Gasteiger partial charge in [-0.1, -0.05) is 19.8 Å². The van der Waals surface area contributed by atoms with Gasteiger partial charge in [0.25, 0.3) is 10.1 Å². The lowest BCUT2D eigenvalue weighted by atomic mass is 10.2. The second-order valence-electron chi connectivity index (χ2n) is 2.63. The topological polar surface area (TPSA) is 43.4 Å². The van der Waals surface area contributed by atoms with Crippen LogP contribution in [0.5, 0.6) is 0 Å². The minimum atomic E-state index is -3.38. The highest BCUT2D eigenvalue weighted by Crippen LogP contribution is 2.10. The van der Waals surface area contributed by atoms with Crippen LogP contribution >= 0.6 is 11.6 Å². The van der Waals surface area contributed by atoms with Crippen LogP contribution in [0, 0.1) is 0 Å². The van der Waals surface area contributed by atoms with Crippen LogP contribution in [0.2, 0.25) is 0 Å². The summed E-state index contributed by atoms with van der Waals surface area (Å²) in [5.41, 5.74) is 0. The van der Waals surface area contributed by atoms with Crippen molar-refractivity contribution in [2.75, 3.05) is 12.9 Å². The van der Waals surface area contributed by atoms with E-state index in [4.69, 9.17) is 11.6 Å². The largest absolute Gasteiger partial charge is 0.273 e. The first-order valence-corrected chi connectivity index (χ1v) is 5.95. The van der Waals surface area contributed by atoms with Gasteiger partial charge in [0.1, 0.15) is 0 Å². The quantitative estimate of drug-likeness (QED) is 0.500. The summed E-state index contributed by atoms with van der Waals surface area (Å²) in [5.74, 6) is -0.0922. The third-order valence-electron chi connectivity index (χ3n) is 1.51. The lowest BCUT2D eigenvalue weighted by Gasteiger charge is -2.07. The summed E-state index contributed by atoms with van der Waals surface area (Å²) in [6.07, 6.45) is 2.70. The molecule has 0 rings (SSSR count). The number of hydrogen-bond donors (Lipinski definition) is 0. The molecule has 0 aliphatic heterocycles. The van der Waals surface area contributed by atoms with E-state index in [2.05, 4.69) is 4.18 Å². The second-order valence-corrected chi connectivity index (χ2v) is 5.03. The zero-order valence-electron chi connectivity index (χ0n) is 7.42. The fraction of sp³-hybridized carbons (Fsp3) is 1.00. The fourth-order valence-corrected chi connectivity index (χ4v) is 2.16. The molecular formula is C7H15ClO3S. The summed E-state index contributed by atoms with van der Waals surface area (Å²) in [6.45, 7) is 2.04. The molecule has 0 radical (unpaired) electrons. The zero-order chi connectivity index (χ0) is 9.61. The van der Waals surface area contributed by atoms with Crippen LogP contribution in [-0.2, 0) is 14.3 Å². The number of alkyl halides is 1. The van der Waals surface area contributed by atoms with Crippen molar-refractivity contribution in [1.82, 2.24) is 0 Å². The highest BCUT2D eigenvalue weighted by molar-refractivity contribution is 7.86. The molecule has 0 fully saturated rings. The van der Waals surface area contributed by atoms with Gasteiger partial charge in [-0.3, -0.25) is 4.18 Å². The summed E-state index contributed by atoms with van der Waals surface area (Å²) in [5, 5.41) is -0.324. The Labute approximate surface area is 79.2 Å². The van der Waals surface area contributed by atoms with Crippen molar-refractivity contribution in [1.29, 1.82) is 0 Å². The van der Waals surface area contributed by atoms with Crippen molar-refractivity contribution >= 4 is 21.7 Å². The standard InChI is InChI=1S/C7H15ClO3S/c1-3-4-5-7(8)6-12(9,10)11-2/h7H,3-6H2,1-2H3. The molecule has 1 atom stereocenters. The van der Waals surface area contributed by atoms with E-state index in [0.29, 0.717) is 0 Å². The molecule has 0 aromatic rings. The van der Waals surface area contributed by atoms with Gasteiger partial charge in [-0.25, -0.2) is 0 Å². The number of unbranched alkanes of at least 4 members (excludes halogenated alkanes) is 1. The molecular weight excluding hydrogens is 200 g/mol. The maximum atomic E-state index is 10.9. The van der Waals surface area contributed by atoms with Gasteiger partial charge in [0.05, 0.1) is 12.9 Å². The van der Waals surface area contributed by atoms with Crippen LogP contribution in [0.1, 0.15) is 26.2 Å². The predicted octanol–water partition coefficient (Wildman–Crippen LogP) is 1.76. The Morgan fingerprint density at radius 3 is 2.50 bits per heavy atom. The third-order valence-corrected chi connectivity index (χ3v) is 3.38. The Kier molecular flexibility index (Phi) is 5.88. The summed E-state index contributed by atoms with van der Waals surface area (Å²) in [6, 6.07) is 0. The predicted molar refractivity (Wildman–Crippen MR) is 50.0 cm³/mol. The van der Waals surface area contributed by atoms with Gasteiger partial charge < -0.3 is 0 Å². The van der Waals surface area contributed by atoms with Gasteiger partial charge in [0.2, 0.25) is 0 Å². The van der Waals surface area contributed by atoms with Crippen LogP contribution < -0.4 is 0 Å². The molecule has 0 amide bonds. The molecule has 0 aliphatic rings. The summed E-state index contributed by atoms with van der Waals surface area (Å²) in [7, 11) is -2.23. The minimum Gasteiger partial charge on any atom is -0.273 e. The Bertz CT molecular complexity index is 201. The maximum Gasteiger partial charge on any atom is 0.268 e. The molecule has 1 unspecified atom stereocenters. The molecule has 5 heteroatoms. The first-order chi connectivity index (χ1) is 5.52. The third kappa shape index (κ3) is 5.80. The highest BCUT2D eigenvalue weighted by atomic mass is 35.5. The minimum absolute atomic E-state index is 0.0922. The Balaban J connectivity index is 3.76. The molecule has 0 aliphatic carbocycles. The molecule has 0 saturated heterocycles. The molecule has 0 bridgehead atoms. The van der Waals surface area contributed by atoms with E-state index in [1.54, 1.807) is 0 Å². The van der Waals surface area contributed by atoms with Crippen molar-refractivity contribution in [3.05, 3.63) is 0 Å². The van der Waals surface area contributed by atoms with Gasteiger partial charge in [-0.05, 0) is 6.42 Å². The van der Waals surface area contributed by atoms with E-state index in [0.717, 1.165) is 26.4 Å². The van der Waals surface area contributed by atoms with E-state index in [9.17, 15) is 8.42 Å². The lowest BCUT2D eigenvalue weighted by molar-refractivity contribution is 0.396. The Morgan fingerprint density at radius 2 is 2.08 bits per heavy atom. The van der Waals surface area contributed by atoms with Gasteiger partial charge in [0.15, 0.2) is 0 Å². The van der Waals surface area contributed by atoms with Gasteiger partial charge in [0, 0.05) is 5.38 Å². The number of halogens is 1. The molecule has 3 nitrogen and oxygen atoms in total. The maximum absolute atomic E-state index is 10.9. The first kappa shape index (κ1) is 12.2. The Hall–Kier alpha value is 0.200. The van der Waals surface area contributed by atoms with Crippen LogP contribution in [0.3, 0.4) is 0 Å². The van der Waals surface area contributed by atoms with E-state index in [1.165, 1.54) is 0 Å². The summed E-state index contributed by atoms with van der Waals surface area (Å²) in [4.78, 5) is 0. The molecule has 0 N–H and O–H groups in total. The van der Waals surface area contributed by atoms with Crippen LogP contribution in [0.4, 0.5) is 0 Å². The zero-order valence-corrected chi connectivity index (χ0v) is 8.99. The molecule has 0 saturated carbocycles. The van der Waals surface area contributed by atoms with Gasteiger partial charge >= 0.3 is 0 Å². The van der Waals surface area contributed by atoms with Crippen molar-refractivity contribution in [3.63, 3.8) is 0 Å². The van der Waals surface area contributed by atoms with Crippen molar-refractivity contribution in [3.8, 4) is 0 Å². The summed E-state index contributed by atoms with van der Waals surface area (Å²) < 4.78 is 26.0. The fourth-order valence-electron chi connectivity index (χ4n) is 0.798. The molecule has 0 aromatic carbocycles. The highest BCUT2D eigenvalue weighted by Gasteiger charge is 2.15. The molecule has 0 spiro atoms. The van der Waals surface area contributed by atoms with Crippen molar-refractivity contribution in [2.45, 2.75) is 31.6 Å². The van der Waals surface area contributed by atoms with Gasteiger partial charge in [-0.2, -0.15) is 8.42 Å². The van der Waals surface area contributed by atoms with E-state index in [-0.39, 0.29) is 11.1 Å². The van der Waals surface area contributed by atoms with Crippen molar-refractivity contribution in [2.24, 2.45) is 0 Å². The van der Waals surface area contributed by atoms with E-state index < -0.39 is 10.1 Å². The first-order valence-electron chi connectivity index (χ1n) is 3.94. The lowest BCUT2D eigenvalue weighted by Crippen LogP contribution is -2.17. The molecule has 74 valence electrons. The molecule has 12 heavy (non-hydrogen) atoms. The van der Waals surface area contributed by atoms with Gasteiger partial charge in [-0.15, -0.1) is 11.6 Å². The van der Waals surface area contributed by atoms with Crippen LogP contribution in [-0.4, -0.2) is 26.7 Å². The van der Waals surface area contributed by atoms with Crippen LogP contribution in [0.15, 0.2) is 0 Å². The average Bonchev–Trinajstić information content (AvgIpc) is 2.00. The molecule has 0 aromatic heterocycles. The second kappa shape index (κ2) is 5.78. The average molecular weight is 215 g/mol. The molecule has 0 heterocycles. The van der Waals surface area contributed by atoms with Crippen LogP contribution in [0.25, 0.3) is 0 Å². The SMILES string of the molecule is CCCCC(Cl)CS(=O)(=O)OC. The summed E-state index contributed by atoms with van der Waals surface area (Å²) >= 11 is 5.76. The number of hydrogen-bond acceptors (Lipinski definition) is 3. The van der Waals surface area contributed by atoms with E-state index in [1.807, 2.05) is 6.92 Å².